The van der Waals surface area contributed by atoms with E-state index < -0.39 is 28.5 Å². The Morgan fingerprint density at radius 3 is 2.22 bits per heavy atom. The minimum absolute atomic E-state index is 0.0214. The summed E-state index contributed by atoms with van der Waals surface area (Å²) in [6.45, 7) is 8.07. The molecule has 0 spiro atoms. The predicted molar refractivity (Wildman–Crippen MR) is 166 cm³/mol. The molecule has 2 amide bonds. The molecule has 3 rings (SSSR count). The first-order valence-corrected chi connectivity index (χ1v) is 15.9. The van der Waals surface area contributed by atoms with E-state index in [0.717, 1.165) is 33.8 Å². The first-order chi connectivity index (χ1) is 19.6. The average Bonchev–Trinajstić information content (AvgIpc) is 2.96. The Morgan fingerprint density at radius 2 is 1.61 bits per heavy atom. The summed E-state index contributed by atoms with van der Waals surface area (Å²) < 4.78 is 29.0. The number of carbonyl (C=O) groups excluding carboxylic acids is 2. The monoisotopic (exact) mass is 597 g/mol. The van der Waals surface area contributed by atoms with Crippen molar-refractivity contribution in [2.45, 2.75) is 64.3 Å². The van der Waals surface area contributed by atoms with Crippen molar-refractivity contribution in [1.29, 1.82) is 0 Å². The summed E-state index contributed by atoms with van der Waals surface area (Å²) in [7, 11) is -4.14. The highest BCUT2D eigenvalue weighted by Gasteiger charge is 2.33. The lowest BCUT2D eigenvalue weighted by atomic mass is 10.1. The van der Waals surface area contributed by atoms with E-state index in [2.05, 4.69) is 5.32 Å². The minimum Gasteiger partial charge on any atom is -0.354 e. The highest BCUT2D eigenvalue weighted by atomic mass is 35.5. The topological polar surface area (TPSA) is 86.8 Å². The first kappa shape index (κ1) is 32.2. The smallest absolute Gasteiger partial charge is 0.264 e. The van der Waals surface area contributed by atoms with E-state index in [4.69, 9.17) is 11.6 Å². The fourth-order valence-electron chi connectivity index (χ4n) is 4.55. The van der Waals surface area contributed by atoms with Crippen LogP contribution in [0.3, 0.4) is 0 Å². The van der Waals surface area contributed by atoms with Gasteiger partial charge in [0, 0.05) is 18.1 Å². The molecule has 0 aliphatic heterocycles. The van der Waals surface area contributed by atoms with Gasteiger partial charge in [-0.05, 0) is 86.2 Å². The molecule has 0 saturated carbocycles. The van der Waals surface area contributed by atoms with Gasteiger partial charge in [0.05, 0.1) is 10.6 Å². The van der Waals surface area contributed by atoms with Crippen LogP contribution in [0, 0.1) is 13.8 Å². The molecule has 220 valence electrons. The van der Waals surface area contributed by atoms with Crippen molar-refractivity contribution in [3.63, 3.8) is 0 Å². The summed E-state index contributed by atoms with van der Waals surface area (Å²) in [5.74, 6) is -0.685. The average molecular weight is 598 g/mol. The van der Waals surface area contributed by atoms with E-state index in [0.29, 0.717) is 30.1 Å². The van der Waals surface area contributed by atoms with Gasteiger partial charge < -0.3 is 10.2 Å². The van der Waals surface area contributed by atoms with Crippen LogP contribution in [0.2, 0.25) is 5.02 Å². The van der Waals surface area contributed by atoms with E-state index in [1.54, 1.807) is 12.1 Å². The van der Waals surface area contributed by atoms with E-state index in [-0.39, 0.29) is 17.3 Å². The van der Waals surface area contributed by atoms with Crippen molar-refractivity contribution in [3.05, 3.63) is 94.5 Å². The number of hydrogen-bond acceptors (Lipinski definition) is 4. The zero-order valence-electron chi connectivity index (χ0n) is 24.3. The second-order valence-corrected chi connectivity index (χ2v) is 12.4. The molecule has 0 heterocycles. The lowest BCUT2D eigenvalue weighted by Gasteiger charge is -2.33. The van der Waals surface area contributed by atoms with Gasteiger partial charge in [-0.3, -0.25) is 13.9 Å². The normalized spacial score (nSPS) is 12.0. The fourth-order valence-corrected chi connectivity index (χ4v) is 6.08. The Bertz CT molecular complexity index is 1410. The van der Waals surface area contributed by atoms with E-state index in [1.165, 1.54) is 29.2 Å². The zero-order chi connectivity index (χ0) is 30.0. The number of rotatable bonds is 14. The van der Waals surface area contributed by atoms with Crippen molar-refractivity contribution < 1.29 is 18.0 Å². The molecule has 9 heteroatoms. The molecule has 0 aliphatic rings. The molecule has 3 aromatic rings. The largest absolute Gasteiger partial charge is 0.354 e. The third-order valence-corrected chi connectivity index (χ3v) is 9.20. The third-order valence-electron chi connectivity index (χ3n) is 7.16. The Morgan fingerprint density at radius 1 is 0.927 bits per heavy atom. The molecular formula is C32H40ClN3O4S. The van der Waals surface area contributed by atoms with Crippen LogP contribution < -0.4 is 9.62 Å². The second kappa shape index (κ2) is 15.0. The molecule has 0 bridgehead atoms. The van der Waals surface area contributed by atoms with Gasteiger partial charge in [-0.1, -0.05) is 68.3 Å². The van der Waals surface area contributed by atoms with Crippen molar-refractivity contribution in [2.75, 3.05) is 23.9 Å². The summed E-state index contributed by atoms with van der Waals surface area (Å²) in [5, 5.41) is 3.36. The number of carbonyl (C=O) groups is 2. The molecule has 0 fully saturated rings. The number of anilines is 1. The van der Waals surface area contributed by atoms with Gasteiger partial charge in [-0.25, -0.2) is 8.42 Å². The fraction of sp³-hybridized carbons (Fsp3) is 0.375. The molecule has 7 nitrogen and oxygen atoms in total. The van der Waals surface area contributed by atoms with E-state index in [9.17, 15) is 18.0 Å². The standard InChI is InChI=1S/C32H40ClN3O4S/c1-5-7-20-34-32(38)30(6-2)35(21-19-26-11-9-8-10-12-26)31(37)23-36(28-16-13-24(3)25(4)22-28)41(39,40)29-17-14-27(33)15-18-29/h8-18,22,30H,5-7,19-21,23H2,1-4H3,(H,34,38)/t30-/m0/s1. The first-order valence-electron chi connectivity index (χ1n) is 14.0. The van der Waals surface area contributed by atoms with Crippen LogP contribution >= 0.6 is 11.6 Å². The minimum atomic E-state index is -4.14. The number of hydrogen-bond donors (Lipinski definition) is 1. The molecular weight excluding hydrogens is 558 g/mol. The molecule has 0 aliphatic carbocycles. The molecule has 0 radical (unpaired) electrons. The van der Waals surface area contributed by atoms with Crippen molar-refractivity contribution in [1.82, 2.24) is 10.2 Å². The molecule has 0 aromatic heterocycles. The summed E-state index contributed by atoms with van der Waals surface area (Å²) >= 11 is 6.03. The van der Waals surface area contributed by atoms with Gasteiger partial charge in [-0.2, -0.15) is 0 Å². The van der Waals surface area contributed by atoms with E-state index >= 15 is 0 Å². The second-order valence-electron chi connectivity index (χ2n) is 10.1. The number of unbranched alkanes of at least 4 members (excludes halogenated alkanes) is 1. The molecule has 0 unspecified atom stereocenters. The number of aryl methyl sites for hydroxylation is 2. The maximum atomic E-state index is 14.1. The number of nitrogens with one attached hydrogen (secondary N) is 1. The number of sulfonamides is 1. The van der Waals surface area contributed by atoms with E-state index in [1.807, 2.05) is 64.1 Å². The third kappa shape index (κ3) is 8.57. The Labute approximate surface area is 249 Å². The number of amides is 2. The summed E-state index contributed by atoms with van der Waals surface area (Å²) in [4.78, 5) is 28.9. The van der Waals surface area contributed by atoms with Crippen LogP contribution in [0.25, 0.3) is 0 Å². The maximum Gasteiger partial charge on any atom is 0.264 e. The summed E-state index contributed by atoms with van der Waals surface area (Å²) in [6.07, 6.45) is 2.69. The SMILES string of the molecule is CCCCNC(=O)[C@H](CC)N(CCc1ccccc1)C(=O)CN(c1ccc(C)c(C)c1)S(=O)(=O)c1ccc(Cl)cc1. The Hall–Kier alpha value is -3.36. The van der Waals surface area contributed by atoms with Gasteiger partial charge in [0.25, 0.3) is 10.0 Å². The summed E-state index contributed by atoms with van der Waals surface area (Å²) in [6, 6.07) is 20.2. The highest BCUT2D eigenvalue weighted by molar-refractivity contribution is 7.92. The van der Waals surface area contributed by atoms with Gasteiger partial charge in [0.1, 0.15) is 12.6 Å². The molecule has 1 N–H and O–H groups in total. The molecule has 0 saturated heterocycles. The quantitative estimate of drug-likeness (QED) is 0.234. The van der Waals surface area contributed by atoms with Gasteiger partial charge >= 0.3 is 0 Å². The lowest BCUT2D eigenvalue weighted by Crippen LogP contribution is -2.53. The maximum absolute atomic E-state index is 14.1. The zero-order valence-corrected chi connectivity index (χ0v) is 25.8. The lowest BCUT2D eigenvalue weighted by molar-refractivity contribution is -0.139. The van der Waals surface area contributed by atoms with Gasteiger partial charge in [0.15, 0.2) is 0 Å². The Balaban J connectivity index is 2.01. The van der Waals surface area contributed by atoms with Crippen LogP contribution in [0.4, 0.5) is 5.69 Å². The van der Waals surface area contributed by atoms with Gasteiger partial charge in [0.2, 0.25) is 11.8 Å². The Kier molecular flexibility index (Phi) is 11.8. The van der Waals surface area contributed by atoms with Gasteiger partial charge in [-0.15, -0.1) is 0 Å². The van der Waals surface area contributed by atoms with Crippen molar-refractivity contribution in [3.8, 4) is 0 Å². The van der Waals surface area contributed by atoms with Crippen LogP contribution in [0.1, 0.15) is 49.8 Å². The number of nitrogens with zero attached hydrogens (tertiary/aromatic N) is 2. The van der Waals surface area contributed by atoms with Crippen LogP contribution in [0.15, 0.2) is 77.7 Å². The number of halogens is 1. The van der Waals surface area contributed by atoms with Crippen molar-refractivity contribution in [2.24, 2.45) is 0 Å². The molecule has 1 atom stereocenters. The predicted octanol–water partition coefficient (Wildman–Crippen LogP) is 5.92. The van der Waals surface area contributed by atoms with Crippen LogP contribution in [0.5, 0.6) is 0 Å². The molecule has 41 heavy (non-hydrogen) atoms. The van der Waals surface area contributed by atoms with Crippen molar-refractivity contribution >= 4 is 39.1 Å². The number of benzene rings is 3. The highest BCUT2D eigenvalue weighted by Crippen LogP contribution is 2.27. The van der Waals surface area contributed by atoms with Crippen LogP contribution in [-0.4, -0.2) is 50.8 Å². The van der Waals surface area contributed by atoms with Crippen LogP contribution in [-0.2, 0) is 26.0 Å². The molecule has 3 aromatic carbocycles. The summed E-state index contributed by atoms with van der Waals surface area (Å²) in [5.41, 5.74) is 3.29.